The van der Waals surface area contributed by atoms with Crippen molar-refractivity contribution < 1.29 is 0 Å². The third-order valence-corrected chi connectivity index (χ3v) is 16.8. The number of hydrogen-bond acceptors (Lipinski definition) is 1. The summed E-state index contributed by atoms with van der Waals surface area (Å²) in [5, 5.41) is 0. The van der Waals surface area contributed by atoms with Gasteiger partial charge in [-0.1, -0.05) is 263 Å². The van der Waals surface area contributed by atoms with Crippen molar-refractivity contribution in [3.63, 3.8) is 0 Å². The third kappa shape index (κ3) is 8.18. The summed E-state index contributed by atoms with van der Waals surface area (Å²) in [5.74, 6) is 0.0484. The first kappa shape index (κ1) is 49.7. The quantitative estimate of drug-likeness (QED) is 0.144. The summed E-state index contributed by atoms with van der Waals surface area (Å²) in [6.45, 7) is 17.7. The maximum Gasteiger partial charge on any atom is 0.0720 e. The average molecular weight is 982 g/mol. The van der Waals surface area contributed by atoms with E-state index >= 15 is 0 Å². The largest absolute Gasteiger partial charge is 0.310 e. The van der Waals surface area contributed by atoms with E-state index in [0.29, 0.717) is 0 Å². The Morgan fingerprint density at radius 2 is 1.17 bits per heavy atom. The molecule has 2 spiro atoms. The molecule has 4 aliphatic carbocycles. The third-order valence-electron chi connectivity index (χ3n) is 16.8. The van der Waals surface area contributed by atoms with Gasteiger partial charge in [-0.2, -0.15) is 0 Å². The normalized spacial score (nSPS) is 21.9. The molecule has 0 N–H and O–H groups in total. The minimum atomic E-state index is -0.633. The van der Waals surface area contributed by atoms with E-state index in [9.17, 15) is 0 Å². The van der Waals surface area contributed by atoms with E-state index in [0.717, 1.165) is 23.4 Å². The van der Waals surface area contributed by atoms with Gasteiger partial charge in [0, 0.05) is 16.8 Å². The Labute approximate surface area is 452 Å². The van der Waals surface area contributed by atoms with Crippen molar-refractivity contribution in [2.45, 2.75) is 58.8 Å². The van der Waals surface area contributed by atoms with Crippen LogP contribution in [0.2, 0.25) is 0 Å². The number of allylic oxidation sites excluding steroid dienone is 15. The van der Waals surface area contributed by atoms with Gasteiger partial charge in [0.25, 0.3) is 0 Å². The SMILES string of the molecule is C=C/C(C)=C(\C=C/C)c1ccc(N(c2ccc(-c3ccccc3)cc2)c2cccc3c2C2(C4=C\C/C=C\C=C/C(C)(\C=C/C=C\4)C2C)c2ccccc2C32c3ccccc3-c3ccccc32)cc1C.Cc1ccccc1. The molecule has 0 heterocycles. The number of hydrogen-bond donors (Lipinski definition) is 0. The molecule has 1 heteroatoms. The fourth-order valence-electron chi connectivity index (χ4n) is 13.1. The Morgan fingerprint density at radius 1 is 0.592 bits per heavy atom. The van der Waals surface area contributed by atoms with E-state index in [1.807, 2.05) is 24.3 Å². The van der Waals surface area contributed by atoms with Crippen LogP contribution in [0.15, 0.2) is 285 Å². The summed E-state index contributed by atoms with van der Waals surface area (Å²) < 4.78 is 0. The Hall–Kier alpha value is -8.52. The molecule has 76 heavy (non-hydrogen) atoms. The van der Waals surface area contributed by atoms with E-state index < -0.39 is 10.8 Å². The fourth-order valence-corrected chi connectivity index (χ4v) is 13.1. The summed E-state index contributed by atoms with van der Waals surface area (Å²) in [7, 11) is 0. The Kier molecular flexibility index (Phi) is 13.5. The average Bonchev–Trinajstić information content (AvgIpc) is 3.87. The molecule has 8 aromatic rings. The van der Waals surface area contributed by atoms with Gasteiger partial charge in [-0.3, -0.25) is 0 Å². The zero-order valence-corrected chi connectivity index (χ0v) is 44.8. The molecule has 4 aliphatic rings. The highest BCUT2D eigenvalue weighted by Gasteiger charge is 2.61. The molecule has 0 saturated heterocycles. The molecule has 12 rings (SSSR count). The van der Waals surface area contributed by atoms with Crippen molar-refractivity contribution in [3.8, 4) is 22.3 Å². The van der Waals surface area contributed by atoms with Crippen LogP contribution in [0.3, 0.4) is 0 Å². The Morgan fingerprint density at radius 3 is 1.80 bits per heavy atom. The van der Waals surface area contributed by atoms with Crippen molar-refractivity contribution in [2.24, 2.45) is 11.3 Å². The van der Waals surface area contributed by atoms with Gasteiger partial charge in [-0.15, -0.1) is 0 Å². The summed E-state index contributed by atoms with van der Waals surface area (Å²) in [4.78, 5) is 2.57. The van der Waals surface area contributed by atoms with E-state index in [-0.39, 0.29) is 11.3 Å². The first-order valence-corrected chi connectivity index (χ1v) is 27.0. The van der Waals surface area contributed by atoms with Crippen LogP contribution in [0.25, 0.3) is 27.8 Å². The van der Waals surface area contributed by atoms with Crippen LogP contribution in [0.4, 0.5) is 17.1 Å². The van der Waals surface area contributed by atoms with Crippen LogP contribution >= 0.6 is 0 Å². The summed E-state index contributed by atoms with van der Waals surface area (Å²) >= 11 is 0. The number of fused-ring (bicyclic) bond motifs is 10. The lowest BCUT2D eigenvalue weighted by atomic mass is 9.46. The Bertz CT molecular complexity index is 3660. The van der Waals surface area contributed by atoms with Crippen LogP contribution < -0.4 is 4.90 Å². The van der Waals surface area contributed by atoms with Crippen LogP contribution in [-0.4, -0.2) is 0 Å². The zero-order valence-electron chi connectivity index (χ0n) is 44.8. The molecule has 0 aliphatic heterocycles. The van der Waals surface area contributed by atoms with E-state index in [1.54, 1.807) is 0 Å². The lowest BCUT2D eigenvalue weighted by Gasteiger charge is -2.56. The highest BCUT2D eigenvalue weighted by Crippen LogP contribution is 2.68. The van der Waals surface area contributed by atoms with Crippen molar-refractivity contribution in [1.29, 1.82) is 0 Å². The van der Waals surface area contributed by atoms with Crippen LogP contribution in [-0.2, 0) is 10.8 Å². The van der Waals surface area contributed by atoms with Crippen molar-refractivity contribution in [1.82, 2.24) is 0 Å². The molecular weight excluding hydrogens is 915 g/mol. The van der Waals surface area contributed by atoms with Crippen LogP contribution in [0.1, 0.15) is 84.2 Å². The lowest BCUT2D eigenvalue weighted by molar-refractivity contribution is 0.250. The van der Waals surface area contributed by atoms with Gasteiger partial charge in [0.05, 0.1) is 16.5 Å². The molecule has 0 fully saturated rings. The van der Waals surface area contributed by atoms with Gasteiger partial charge in [0.1, 0.15) is 0 Å². The molecule has 372 valence electrons. The maximum atomic E-state index is 4.17. The lowest BCUT2D eigenvalue weighted by Crippen LogP contribution is -2.51. The molecule has 1 nitrogen and oxygen atoms in total. The minimum absolute atomic E-state index is 0.0484. The number of rotatable bonds is 7. The molecule has 8 aromatic carbocycles. The highest BCUT2D eigenvalue weighted by atomic mass is 15.1. The molecular formula is C75H67N. The van der Waals surface area contributed by atoms with Crippen molar-refractivity contribution >= 4 is 22.6 Å². The van der Waals surface area contributed by atoms with E-state index in [4.69, 9.17) is 0 Å². The second-order valence-electron chi connectivity index (χ2n) is 21.1. The molecule has 0 radical (unpaired) electrons. The first-order chi connectivity index (χ1) is 37.2. The smallest absolute Gasteiger partial charge is 0.0720 e. The monoisotopic (exact) mass is 982 g/mol. The second-order valence-corrected chi connectivity index (χ2v) is 21.1. The predicted molar refractivity (Wildman–Crippen MR) is 325 cm³/mol. The van der Waals surface area contributed by atoms with Crippen LogP contribution in [0, 0.1) is 25.2 Å². The number of anilines is 3. The van der Waals surface area contributed by atoms with Gasteiger partial charge in [-0.25, -0.2) is 0 Å². The molecule has 0 amide bonds. The van der Waals surface area contributed by atoms with E-state index in [1.165, 1.54) is 89.2 Å². The predicted octanol–water partition coefficient (Wildman–Crippen LogP) is 19.8. The standard InChI is InChI=1S/C68H59N.C7H8/c1-7-25-55(47(3)8-2)56-43-42-54(46-48(56)4)69(53-40-38-51(39-41-53)50-26-12-11-13-27-50)64-37-24-36-63-65(64)67(49(5)66(6)44-22-10-9-14-28-52(67)29-21-23-45-66)61-34-19-20-35-62(61)68(63)59-32-17-15-30-57(59)58-31-16-18-33-60(58)68;1-7-5-3-2-4-6-7/h7-13,15-46,49H,2,14H2,1,3-6H3;2-6H,1H3/b10-9-,25-7-,29-21-,44-22-,45-23-,52-28-,55-47+;. The van der Waals surface area contributed by atoms with Gasteiger partial charge in [0.2, 0.25) is 0 Å². The summed E-state index contributed by atoms with van der Waals surface area (Å²) in [5.41, 5.74) is 22.2. The van der Waals surface area contributed by atoms with Crippen LogP contribution in [0.5, 0.6) is 0 Å². The molecule has 3 unspecified atom stereocenters. The van der Waals surface area contributed by atoms with Gasteiger partial charge in [-0.05, 0) is 154 Å². The number of aryl methyl sites for hydroxylation is 2. The van der Waals surface area contributed by atoms with Gasteiger partial charge < -0.3 is 4.90 Å². The fraction of sp³-hybridized carbons (Fsp3) is 0.147. The second kappa shape index (κ2) is 20.7. The highest BCUT2D eigenvalue weighted by molar-refractivity contribution is 5.93. The van der Waals surface area contributed by atoms with Crippen molar-refractivity contribution in [3.05, 3.63) is 335 Å². The topological polar surface area (TPSA) is 3.24 Å². The maximum absolute atomic E-state index is 4.17. The van der Waals surface area contributed by atoms with Gasteiger partial charge >= 0.3 is 0 Å². The van der Waals surface area contributed by atoms with E-state index in [2.05, 4.69) is 296 Å². The minimum Gasteiger partial charge on any atom is -0.310 e. The number of nitrogens with zero attached hydrogens (tertiary/aromatic N) is 1. The first-order valence-electron chi connectivity index (χ1n) is 27.0. The molecule has 2 bridgehead atoms. The summed E-state index contributed by atoms with van der Waals surface area (Å²) in [6, 6.07) is 72.4. The van der Waals surface area contributed by atoms with Crippen molar-refractivity contribution in [2.75, 3.05) is 4.90 Å². The molecule has 0 aromatic heterocycles. The molecule has 3 atom stereocenters. The molecule has 0 saturated carbocycles. The summed E-state index contributed by atoms with van der Waals surface area (Å²) in [6.07, 6.45) is 28.3. The zero-order chi connectivity index (χ0) is 52.4. The number of benzene rings is 8. The van der Waals surface area contributed by atoms with Gasteiger partial charge in [0.15, 0.2) is 0 Å². The Balaban J connectivity index is 0.000000816.